The lowest BCUT2D eigenvalue weighted by Gasteiger charge is -2.27. The van der Waals surface area contributed by atoms with Gasteiger partial charge in [0.25, 0.3) is 0 Å². The number of unbranched alkanes of at least 4 members (excludes halogenated alkanes) is 1. The summed E-state index contributed by atoms with van der Waals surface area (Å²) in [6.45, 7) is 11.1. The molecule has 0 amide bonds. The second kappa shape index (κ2) is 8.55. The van der Waals surface area contributed by atoms with Gasteiger partial charge >= 0.3 is 0 Å². The lowest BCUT2D eigenvalue weighted by molar-refractivity contribution is -0.00891. The van der Waals surface area contributed by atoms with Gasteiger partial charge in [-0.15, -0.1) is 13.2 Å². The van der Waals surface area contributed by atoms with Crippen LogP contribution in [0.3, 0.4) is 0 Å². The van der Waals surface area contributed by atoms with Crippen molar-refractivity contribution in [1.29, 1.82) is 0 Å². The van der Waals surface area contributed by atoms with Crippen LogP contribution >= 0.6 is 0 Å². The van der Waals surface area contributed by atoms with E-state index >= 15 is 0 Å². The molecular weight excluding hydrogens is 260 g/mol. The van der Waals surface area contributed by atoms with E-state index < -0.39 is 0 Å². The van der Waals surface area contributed by atoms with Crippen molar-refractivity contribution in [3.63, 3.8) is 0 Å². The minimum absolute atomic E-state index is 0.250. The van der Waals surface area contributed by atoms with Crippen LogP contribution < -0.4 is 0 Å². The maximum Gasteiger partial charge on any atom is 0.0849 e. The maximum absolute atomic E-state index is 6.16. The minimum atomic E-state index is 0.250. The highest BCUT2D eigenvalue weighted by Crippen LogP contribution is 2.45. The monoisotopic (exact) mass is 290 g/mol. The summed E-state index contributed by atoms with van der Waals surface area (Å²) in [5.74, 6) is 0.480. The Kier molecular flexibility index (Phi) is 6.72. The highest BCUT2D eigenvalue weighted by atomic mass is 16.5. The first-order valence-electron chi connectivity index (χ1n) is 8.50. The van der Waals surface area contributed by atoms with Crippen LogP contribution in [0.2, 0.25) is 0 Å². The molecule has 0 radical (unpaired) electrons. The summed E-state index contributed by atoms with van der Waals surface area (Å²) in [6.07, 6.45) is 12.8. The molecule has 0 N–H and O–H groups in total. The van der Waals surface area contributed by atoms with E-state index in [-0.39, 0.29) is 12.2 Å². The van der Waals surface area contributed by atoms with E-state index in [0.717, 1.165) is 0 Å². The third-order valence-electron chi connectivity index (χ3n) is 4.70. The molecule has 0 aromatic heterocycles. The van der Waals surface area contributed by atoms with Crippen molar-refractivity contribution in [2.75, 3.05) is 13.2 Å². The molecule has 2 aliphatic carbocycles. The largest absolute Gasteiger partial charge is 0.369 e. The van der Waals surface area contributed by atoms with Gasteiger partial charge in [0.1, 0.15) is 0 Å². The van der Waals surface area contributed by atoms with Gasteiger partial charge in [0.2, 0.25) is 0 Å². The molecule has 2 heteroatoms. The molecule has 0 aliphatic heterocycles. The molecule has 0 aromatic rings. The molecule has 3 atom stereocenters. The Bertz CT molecular complexity index is 351. The Labute approximate surface area is 129 Å². The Morgan fingerprint density at radius 3 is 1.95 bits per heavy atom. The van der Waals surface area contributed by atoms with E-state index in [1.54, 1.807) is 11.1 Å². The van der Waals surface area contributed by atoms with Gasteiger partial charge in [-0.3, -0.25) is 0 Å². The van der Waals surface area contributed by atoms with E-state index in [1.165, 1.54) is 44.9 Å². The lowest BCUT2D eigenvalue weighted by Crippen LogP contribution is -2.30. The van der Waals surface area contributed by atoms with Crippen LogP contribution in [0.25, 0.3) is 0 Å². The Morgan fingerprint density at radius 1 is 1.00 bits per heavy atom. The quantitative estimate of drug-likeness (QED) is 0.567. The summed E-state index contributed by atoms with van der Waals surface area (Å²) in [5, 5.41) is 0. The molecular formula is C19H30O2. The van der Waals surface area contributed by atoms with Gasteiger partial charge in [-0.05, 0) is 43.3 Å². The zero-order chi connectivity index (χ0) is 15.1. The lowest BCUT2D eigenvalue weighted by atomic mass is 9.92. The van der Waals surface area contributed by atoms with Crippen LogP contribution in [0.5, 0.6) is 0 Å². The average Bonchev–Trinajstić information content (AvgIpc) is 2.81. The minimum Gasteiger partial charge on any atom is -0.369 e. The topological polar surface area (TPSA) is 18.5 Å². The average molecular weight is 290 g/mol. The number of hydrogen-bond acceptors (Lipinski definition) is 2. The molecule has 2 aliphatic rings. The summed E-state index contributed by atoms with van der Waals surface area (Å²) in [7, 11) is 0. The van der Waals surface area contributed by atoms with Crippen LogP contribution in [0.15, 0.2) is 36.5 Å². The van der Waals surface area contributed by atoms with Crippen LogP contribution in [-0.2, 0) is 9.47 Å². The van der Waals surface area contributed by atoms with Crippen LogP contribution in [-0.4, -0.2) is 25.4 Å². The first kappa shape index (κ1) is 16.5. The molecule has 118 valence electrons. The van der Waals surface area contributed by atoms with Crippen molar-refractivity contribution < 1.29 is 9.47 Å². The SMILES string of the molecule is C=CCO[C@@H]1C2=C(CCCC2)[C@H](OCC=C)C1CCCC. The van der Waals surface area contributed by atoms with Gasteiger partial charge in [-0.25, -0.2) is 0 Å². The third-order valence-corrected chi connectivity index (χ3v) is 4.70. The van der Waals surface area contributed by atoms with E-state index in [9.17, 15) is 0 Å². The fraction of sp³-hybridized carbons (Fsp3) is 0.684. The summed E-state index contributed by atoms with van der Waals surface area (Å²) in [4.78, 5) is 0. The first-order valence-corrected chi connectivity index (χ1v) is 8.50. The molecule has 0 saturated heterocycles. The van der Waals surface area contributed by atoms with E-state index in [0.29, 0.717) is 19.1 Å². The van der Waals surface area contributed by atoms with E-state index in [1.807, 2.05) is 12.2 Å². The van der Waals surface area contributed by atoms with Crippen LogP contribution in [0.4, 0.5) is 0 Å². The van der Waals surface area contributed by atoms with Gasteiger partial charge in [0.15, 0.2) is 0 Å². The van der Waals surface area contributed by atoms with Crippen LogP contribution in [0, 0.1) is 5.92 Å². The Morgan fingerprint density at radius 2 is 1.52 bits per heavy atom. The molecule has 1 unspecified atom stereocenters. The van der Waals surface area contributed by atoms with Gasteiger partial charge in [0.05, 0.1) is 25.4 Å². The first-order chi connectivity index (χ1) is 10.3. The molecule has 2 nitrogen and oxygen atoms in total. The van der Waals surface area contributed by atoms with Crippen molar-refractivity contribution in [3.05, 3.63) is 36.5 Å². The zero-order valence-electron chi connectivity index (χ0n) is 13.5. The number of hydrogen-bond donors (Lipinski definition) is 0. The molecule has 0 fully saturated rings. The second-order valence-electron chi connectivity index (χ2n) is 6.15. The Hall–Kier alpha value is -0.860. The summed E-state index contributed by atoms with van der Waals surface area (Å²) >= 11 is 0. The highest BCUT2D eigenvalue weighted by molar-refractivity contribution is 5.33. The number of rotatable bonds is 9. The van der Waals surface area contributed by atoms with E-state index in [2.05, 4.69) is 20.1 Å². The fourth-order valence-corrected chi connectivity index (χ4v) is 3.81. The maximum atomic E-state index is 6.16. The number of ether oxygens (including phenoxy) is 2. The fourth-order valence-electron chi connectivity index (χ4n) is 3.81. The molecule has 0 aromatic carbocycles. The van der Waals surface area contributed by atoms with Crippen LogP contribution in [0.1, 0.15) is 51.9 Å². The van der Waals surface area contributed by atoms with E-state index in [4.69, 9.17) is 9.47 Å². The second-order valence-corrected chi connectivity index (χ2v) is 6.15. The van der Waals surface area contributed by atoms with Crippen molar-refractivity contribution in [3.8, 4) is 0 Å². The molecule has 0 heterocycles. The predicted octanol–water partition coefficient (Wildman–Crippen LogP) is 4.82. The summed E-state index contributed by atoms with van der Waals surface area (Å²) in [5.41, 5.74) is 3.08. The Balaban J connectivity index is 2.18. The molecule has 21 heavy (non-hydrogen) atoms. The standard InChI is InChI=1S/C19H30O2/c1-4-7-10-17-18(20-13-5-2)15-11-8-9-12-16(15)19(17)21-14-6-3/h5-6,17-19H,2-4,7-14H2,1H3/t17?,18-,19+. The molecule has 0 bridgehead atoms. The highest BCUT2D eigenvalue weighted by Gasteiger charge is 2.43. The summed E-state index contributed by atoms with van der Waals surface area (Å²) in [6, 6.07) is 0. The van der Waals surface area contributed by atoms with Gasteiger partial charge in [-0.2, -0.15) is 0 Å². The normalized spacial score (nSPS) is 28.5. The third kappa shape index (κ3) is 3.87. The van der Waals surface area contributed by atoms with Gasteiger partial charge < -0.3 is 9.47 Å². The predicted molar refractivity (Wildman–Crippen MR) is 88.4 cm³/mol. The van der Waals surface area contributed by atoms with Crippen molar-refractivity contribution in [2.45, 2.75) is 64.1 Å². The molecule has 2 rings (SSSR count). The van der Waals surface area contributed by atoms with Gasteiger partial charge in [0, 0.05) is 5.92 Å². The van der Waals surface area contributed by atoms with Crippen molar-refractivity contribution >= 4 is 0 Å². The molecule has 0 spiro atoms. The smallest absolute Gasteiger partial charge is 0.0849 e. The molecule has 0 saturated carbocycles. The van der Waals surface area contributed by atoms with Crippen molar-refractivity contribution in [2.24, 2.45) is 5.92 Å². The van der Waals surface area contributed by atoms with Gasteiger partial charge in [-0.1, -0.05) is 31.9 Å². The summed E-state index contributed by atoms with van der Waals surface area (Å²) < 4.78 is 12.3. The zero-order valence-corrected chi connectivity index (χ0v) is 13.5. The van der Waals surface area contributed by atoms with Crippen molar-refractivity contribution in [1.82, 2.24) is 0 Å².